The fourth-order valence-electron chi connectivity index (χ4n) is 1.79. The predicted molar refractivity (Wildman–Crippen MR) is 44.2 cm³/mol. The maximum Gasteiger partial charge on any atom is 0.459 e. The molecule has 0 amide bonds. The van der Waals surface area contributed by atoms with E-state index in [1.165, 1.54) is 0 Å². The van der Waals surface area contributed by atoms with Crippen molar-refractivity contribution in [2.45, 2.75) is 44.4 Å². The summed E-state index contributed by atoms with van der Waals surface area (Å²) < 4.78 is 92.8. The monoisotopic (exact) mass is 282 g/mol. The van der Waals surface area contributed by atoms with Crippen LogP contribution < -0.4 is 0 Å². The minimum Gasteiger partial charge on any atom is -0.462 e. The van der Waals surface area contributed by atoms with Gasteiger partial charge in [0.2, 0.25) is 0 Å². The van der Waals surface area contributed by atoms with Crippen LogP contribution in [0, 0.1) is 5.41 Å². The van der Waals surface area contributed by atoms with Gasteiger partial charge in [0.15, 0.2) is 0 Å². The molecule has 0 saturated carbocycles. The van der Waals surface area contributed by atoms with E-state index in [0.717, 1.165) is 6.92 Å². The molecule has 9 heteroatoms. The zero-order valence-electron chi connectivity index (χ0n) is 9.25. The first-order valence-electron chi connectivity index (χ1n) is 4.81. The molecule has 0 N–H and O–H groups in total. The number of cyclic esters (lactones) is 1. The van der Waals surface area contributed by atoms with Crippen LogP contribution in [0.2, 0.25) is 0 Å². The molecule has 2 nitrogen and oxygen atoms in total. The maximum absolute atomic E-state index is 13.4. The molecule has 0 aromatic carbocycles. The molecule has 0 aliphatic carbocycles. The molecule has 1 saturated heterocycles. The molecule has 1 aliphatic rings. The van der Waals surface area contributed by atoms with Crippen LogP contribution in [-0.2, 0) is 9.53 Å². The highest BCUT2D eigenvalue weighted by atomic mass is 19.4. The Morgan fingerprint density at radius 3 is 1.89 bits per heavy atom. The van der Waals surface area contributed by atoms with E-state index in [9.17, 15) is 35.5 Å². The Balaban J connectivity index is 3.26. The van der Waals surface area contributed by atoms with E-state index in [1.807, 2.05) is 0 Å². The molecule has 0 spiro atoms. The van der Waals surface area contributed by atoms with Crippen LogP contribution in [-0.4, -0.2) is 30.1 Å². The summed E-state index contributed by atoms with van der Waals surface area (Å²) in [7, 11) is 0. The molecule has 0 bridgehead atoms. The molecule has 1 heterocycles. The number of alkyl halides is 7. The van der Waals surface area contributed by atoms with Gasteiger partial charge in [0.1, 0.15) is 11.5 Å². The summed E-state index contributed by atoms with van der Waals surface area (Å²) in [4.78, 5) is 11.1. The van der Waals surface area contributed by atoms with Crippen molar-refractivity contribution < 1.29 is 40.3 Å². The van der Waals surface area contributed by atoms with Crippen LogP contribution in [0.3, 0.4) is 0 Å². The van der Waals surface area contributed by atoms with Gasteiger partial charge in [-0.05, 0) is 13.8 Å². The molecule has 1 fully saturated rings. The van der Waals surface area contributed by atoms with E-state index in [0.29, 0.717) is 6.92 Å². The largest absolute Gasteiger partial charge is 0.462 e. The summed E-state index contributed by atoms with van der Waals surface area (Å²) in [5.74, 6) is -13.7. The number of carbonyl (C=O) groups is 1. The van der Waals surface area contributed by atoms with Crippen molar-refractivity contribution in [1.29, 1.82) is 0 Å². The molecule has 2 atom stereocenters. The van der Waals surface area contributed by atoms with Gasteiger partial charge in [0, 0.05) is 6.42 Å². The molecule has 106 valence electrons. The highest BCUT2D eigenvalue weighted by Crippen LogP contribution is 2.57. The molecule has 0 aromatic rings. The Bertz CT molecular complexity index is 362. The highest BCUT2D eigenvalue weighted by molar-refractivity contribution is 5.80. The van der Waals surface area contributed by atoms with Crippen molar-refractivity contribution in [2.75, 3.05) is 0 Å². The summed E-state index contributed by atoms with van der Waals surface area (Å²) >= 11 is 0. The van der Waals surface area contributed by atoms with Gasteiger partial charge in [0.05, 0.1) is 0 Å². The predicted octanol–water partition coefficient (Wildman–Crippen LogP) is 3.16. The van der Waals surface area contributed by atoms with Crippen LogP contribution in [0.4, 0.5) is 30.7 Å². The number of halogens is 7. The quantitative estimate of drug-likeness (QED) is 0.574. The number of carbonyl (C=O) groups excluding carboxylic acids is 1. The van der Waals surface area contributed by atoms with Gasteiger partial charge in [-0.1, -0.05) is 0 Å². The highest BCUT2D eigenvalue weighted by Gasteiger charge is 2.81. The third-order valence-corrected chi connectivity index (χ3v) is 2.90. The number of rotatable bonds is 2. The van der Waals surface area contributed by atoms with E-state index in [1.54, 1.807) is 0 Å². The SMILES string of the molecule is CC1CC(C)(C(F)(F)C(F)(F)C(F)(F)F)C(=O)O1. The number of esters is 1. The van der Waals surface area contributed by atoms with Crippen LogP contribution in [0.1, 0.15) is 20.3 Å². The second-order valence-corrected chi connectivity index (χ2v) is 4.40. The van der Waals surface area contributed by atoms with Crippen molar-refractivity contribution in [3.05, 3.63) is 0 Å². The Morgan fingerprint density at radius 2 is 1.61 bits per heavy atom. The second kappa shape index (κ2) is 3.74. The lowest BCUT2D eigenvalue weighted by Gasteiger charge is -2.36. The zero-order chi connectivity index (χ0) is 14.6. The lowest BCUT2D eigenvalue weighted by Crippen LogP contribution is -2.61. The molecular weight excluding hydrogens is 273 g/mol. The zero-order valence-corrected chi connectivity index (χ0v) is 9.25. The normalized spacial score (nSPS) is 30.5. The third-order valence-electron chi connectivity index (χ3n) is 2.90. The summed E-state index contributed by atoms with van der Waals surface area (Å²) in [6, 6.07) is 0. The van der Waals surface area contributed by atoms with E-state index >= 15 is 0 Å². The van der Waals surface area contributed by atoms with Crippen LogP contribution in [0.25, 0.3) is 0 Å². The van der Waals surface area contributed by atoms with Gasteiger partial charge in [-0.2, -0.15) is 30.7 Å². The average molecular weight is 282 g/mol. The van der Waals surface area contributed by atoms with E-state index in [4.69, 9.17) is 0 Å². The first-order chi connectivity index (χ1) is 7.77. The number of hydrogen-bond donors (Lipinski definition) is 0. The van der Waals surface area contributed by atoms with Crippen molar-refractivity contribution in [2.24, 2.45) is 5.41 Å². The van der Waals surface area contributed by atoms with Crippen molar-refractivity contribution in [3.8, 4) is 0 Å². The Kier molecular flexibility index (Phi) is 3.12. The van der Waals surface area contributed by atoms with E-state index in [2.05, 4.69) is 4.74 Å². The summed E-state index contributed by atoms with van der Waals surface area (Å²) in [5.41, 5.74) is -3.20. The molecule has 18 heavy (non-hydrogen) atoms. The lowest BCUT2D eigenvalue weighted by molar-refractivity contribution is -0.373. The molecular formula is C9H9F7O2. The van der Waals surface area contributed by atoms with Crippen molar-refractivity contribution in [3.63, 3.8) is 0 Å². The Hall–Kier alpha value is -1.02. The standard InChI is InChI=1S/C9H9F7O2/c1-4-3-6(2,5(17)18-4)7(10,11)8(12,13)9(14,15)16/h4H,3H2,1-2H3. The first-order valence-corrected chi connectivity index (χ1v) is 4.81. The summed E-state index contributed by atoms with van der Waals surface area (Å²) in [6.07, 6.45) is -8.51. The average Bonchev–Trinajstić information content (AvgIpc) is 2.39. The first kappa shape index (κ1) is 15.0. The summed E-state index contributed by atoms with van der Waals surface area (Å²) in [6.45, 7) is 1.48. The number of hydrogen-bond acceptors (Lipinski definition) is 2. The van der Waals surface area contributed by atoms with Gasteiger partial charge in [0.25, 0.3) is 0 Å². The van der Waals surface area contributed by atoms with Gasteiger partial charge in [-0.3, -0.25) is 4.79 Å². The van der Waals surface area contributed by atoms with Crippen LogP contribution in [0.15, 0.2) is 0 Å². The lowest BCUT2D eigenvalue weighted by atomic mass is 9.77. The fourth-order valence-corrected chi connectivity index (χ4v) is 1.79. The molecule has 1 aliphatic heterocycles. The van der Waals surface area contributed by atoms with E-state index < -0.39 is 41.9 Å². The molecule has 1 rings (SSSR count). The smallest absolute Gasteiger partial charge is 0.459 e. The van der Waals surface area contributed by atoms with Crippen LogP contribution >= 0.6 is 0 Å². The third kappa shape index (κ3) is 1.74. The topological polar surface area (TPSA) is 26.3 Å². The number of ether oxygens (including phenoxy) is 1. The molecule has 2 unspecified atom stereocenters. The molecule has 0 radical (unpaired) electrons. The minimum absolute atomic E-state index is 0.346. The Labute approximate surface area is 97.1 Å². The van der Waals surface area contributed by atoms with E-state index in [-0.39, 0.29) is 0 Å². The van der Waals surface area contributed by atoms with Gasteiger partial charge < -0.3 is 4.74 Å². The maximum atomic E-state index is 13.4. The fraction of sp³-hybridized carbons (Fsp3) is 0.889. The van der Waals surface area contributed by atoms with Gasteiger partial charge >= 0.3 is 24.0 Å². The molecule has 0 aromatic heterocycles. The van der Waals surface area contributed by atoms with Gasteiger partial charge in [-0.25, -0.2) is 0 Å². The van der Waals surface area contributed by atoms with Crippen molar-refractivity contribution in [1.82, 2.24) is 0 Å². The minimum atomic E-state index is -6.45. The van der Waals surface area contributed by atoms with Crippen LogP contribution in [0.5, 0.6) is 0 Å². The summed E-state index contributed by atoms with van der Waals surface area (Å²) in [5, 5.41) is 0. The van der Waals surface area contributed by atoms with Crippen molar-refractivity contribution >= 4 is 5.97 Å². The van der Waals surface area contributed by atoms with Gasteiger partial charge in [-0.15, -0.1) is 0 Å². The Morgan fingerprint density at radius 1 is 1.17 bits per heavy atom. The second-order valence-electron chi connectivity index (χ2n) is 4.40.